The van der Waals surface area contributed by atoms with Crippen LogP contribution in [0.4, 0.5) is 11.4 Å². The van der Waals surface area contributed by atoms with Gasteiger partial charge >= 0.3 is 0 Å². The van der Waals surface area contributed by atoms with Gasteiger partial charge in [-0.15, -0.1) is 0 Å². The molecule has 0 saturated heterocycles. The number of allylic oxidation sites excluding steroid dienone is 2. The van der Waals surface area contributed by atoms with Gasteiger partial charge in [0, 0.05) is 37.6 Å². The van der Waals surface area contributed by atoms with E-state index in [4.69, 9.17) is 0 Å². The van der Waals surface area contributed by atoms with Crippen LogP contribution in [0, 0.1) is 6.92 Å². The lowest BCUT2D eigenvalue weighted by Gasteiger charge is -2.22. The first-order chi connectivity index (χ1) is 19.1. The summed E-state index contributed by atoms with van der Waals surface area (Å²) < 4.78 is 0. The van der Waals surface area contributed by atoms with E-state index in [2.05, 4.69) is 160 Å². The Bertz CT molecular complexity index is 1300. The van der Waals surface area contributed by atoms with Gasteiger partial charge in [0.15, 0.2) is 0 Å². The van der Waals surface area contributed by atoms with E-state index in [1.54, 1.807) is 0 Å². The largest absolute Gasteiger partial charge is 0.372 e. The Morgan fingerprint density at radius 1 is 0.462 bits per heavy atom. The maximum atomic E-state index is 2.39. The summed E-state index contributed by atoms with van der Waals surface area (Å²) in [7, 11) is 0. The summed E-state index contributed by atoms with van der Waals surface area (Å²) in [6.45, 7) is 15.0. The quantitative estimate of drug-likeness (QED) is 0.184. The van der Waals surface area contributed by atoms with Crippen LogP contribution in [-0.2, 0) is 0 Å². The minimum absolute atomic E-state index is 1.01. The summed E-state index contributed by atoms with van der Waals surface area (Å²) in [4.78, 5) is 4.77. The molecular weight excluding hydrogens is 472 g/mol. The molecule has 0 saturated carbocycles. The highest BCUT2D eigenvalue weighted by molar-refractivity contribution is 5.86. The third-order valence-electron chi connectivity index (χ3n) is 7.48. The molecule has 0 bridgehead atoms. The van der Waals surface area contributed by atoms with E-state index in [0.717, 1.165) is 26.2 Å². The number of aryl methyl sites for hydroxylation is 1. The van der Waals surface area contributed by atoms with Gasteiger partial charge in [-0.3, -0.25) is 0 Å². The van der Waals surface area contributed by atoms with Crippen molar-refractivity contribution in [3.8, 4) is 0 Å². The van der Waals surface area contributed by atoms with Gasteiger partial charge in [0.05, 0.1) is 0 Å². The van der Waals surface area contributed by atoms with Crippen LogP contribution >= 0.6 is 0 Å². The van der Waals surface area contributed by atoms with Gasteiger partial charge in [-0.1, -0.05) is 96.6 Å². The second-order valence-electron chi connectivity index (χ2n) is 9.83. The van der Waals surface area contributed by atoms with E-state index in [-0.39, 0.29) is 0 Å². The van der Waals surface area contributed by atoms with Crippen molar-refractivity contribution in [2.24, 2.45) is 0 Å². The van der Waals surface area contributed by atoms with Crippen molar-refractivity contribution in [1.29, 1.82) is 0 Å². The third kappa shape index (κ3) is 6.89. The van der Waals surface area contributed by atoms with Crippen molar-refractivity contribution < 1.29 is 0 Å². The summed E-state index contributed by atoms with van der Waals surface area (Å²) in [6.07, 6.45) is 4.58. The van der Waals surface area contributed by atoms with Crippen molar-refractivity contribution >= 4 is 22.5 Å². The van der Waals surface area contributed by atoms with E-state index in [1.165, 1.54) is 50.3 Å². The smallest absolute Gasteiger partial charge is 0.0366 e. The average Bonchev–Trinajstić information content (AvgIpc) is 2.99. The van der Waals surface area contributed by atoms with Gasteiger partial charge in [-0.2, -0.15) is 0 Å². The Kier molecular flexibility index (Phi) is 9.80. The van der Waals surface area contributed by atoms with Crippen LogP contribution in [0.25, 0.3) is 11.1 Å². The van der Waals surface area contributed by atoms with Crippen LogP contribution in [-0.4, -0.2) is 26.2 Å². The highest BCUT2D eigenvalue weighted by Gasteiger charge is 2.10. The number of hydrogen-bond donors (Lipinski definition) is 0. The lowest BCUT2D eigenvalue weighted by Crippen LogP contribution is -2.21. The van der Waals surface area contributed by atoms with Crippen molar-refractivity contribution in [2.45, 2.75) is 34.6 Å². The molecule has 0 aromatic heterocycles. The van der Waals surface area contributed by atoms with Gasteiger partial charge in [0.1, 0.15) is 0 Å². The molecule has 2 heteroatoms. The molecule has 39 heavy (non-hydrogen) atoms. The van der Waals surface area contributed by atoms with Gasteiger partial charge in [0.2, 0.25) is 0 Å². The van der Waals surface area contributed by atoms with Crippen molar-refractivity contribution in [3.63, 3.8) is 0 Å². The number of benzene rings is 4. The first-order valence-corrected chi connectivity index (χ1v) is 14.3. The zero-order chi connectivity index (χ0) is 27.6. The fourth-order valence-electron chi connectivity index (χ4n) is 5.12. The zero-order valence-corrected chi connectivity index (χ0v) is 24.2. The molecule has 0 aliphatic rings. The molecule has 0 aliphatic carbocycles. The van der Waals surface area contributed by atoms with Crippen molar-refractivity contribution in [3.05, 3.63) is 143 Å². The van der Waals surface area contributed by atoms with E-state index in [0.29, 0.717) is 0 Å². The maximum absolute atomic E-state index is 2.39. The molecule has 0 amide bonds. The molecule has 0 fully saturated rings. The number of anilines is 2. The lowest BCUT2D eigenvalue weighted by atomic mass is 9.93. The molecule has 0 aliphatic heterocycles. The van der Waals surface area contributed by atoms with Crippen LogP contribution in [0.5, 0.6) is 0 Å². The normalized spacial score (nSPS) is 11.3. The van der Waals surface area contributed by atoms with Gasteiger partial charge in [-0.25, -0.2) is 0 Å². The van der Waals surface area contributed by atoms with E-state index in [1.807, 2.05) is 0 Å². The topological polar surface area (TPSA) is 6.48 Å². The van der Waals surface area contributed by atoms with Gasteiger partial charge < -0.3 is 9.80 Å². The minimum atomic E-state index is 1.01. The molecule has 0 radical (unpaired) electrons. The zero-order valence-electron chi connectivity index (χ0n) is 24.2. The van der Waals surface area contributed by atoms with Crippen LogP contribution in [0.3, 0.4) is 0 Å². The van der Waals surface area contributed by atoms with Crippen LogP contribution in [0.2, 0.25) is 0 Å². The molecule has 0 atom stereocenters. The Morgan fingerprint density at radius 2 is 0.795 bits per heavy atom. The number of hydrogen-bond acceptors (Lipinski definition) is 2. The fourth-order valence-corrected chi connectivity index (χ4v) is 5.12. The van der Waals surface area contributed by atoms with E-state index >= 15 is 0 Å². The maximum Gasteiger partial charge on any atom is 0.0366 e. The minimum Gasteiger partial charge on any atom is -0.372 e. The van der Waals surface area contributed by atoms with E-state index in [9.17, 15) is 0 Å². The predicted octanol–water partition coefficient (Wildman–Crippen LogP) is 9.25. The first-order valence-electron chi connectivity index (χ1n) is 14.3. The van der Waals surface area contributed by atoms with Crippen molar-refractivity contribution in [2.75, 3.05) is 36.0 Å². The van der Waals surface area contributed by atoms with E-state index < -0.39 is 0 Å². The summed E-state index contributed by atoms with van der Waals surface area (Å²) in [5.41, 5.74) is 11.1. The molecule has 4 aromatic carbocycles. The Balaban J connectivity index is 1.84. The standard InChI is InChI=1S/C37H42N2/c1-6-38(7-2)34-23-19-32(20-24-34)37(33-21-25-35(26-22-33)39(8-3)9-4)28-27-36(30-13-11-10-12-14-30)31-17-15-29(5)16-18-31/h10-28H,6-9H2,1-5H3/b36-27-. The van der Waals surface area contributed by atoms with Crippen LogP contribution < -0.4 is 9.80 Å². The summed E-state index contributed by atoms with van der Waals surface area (Å²) in [6, 6.07) is 37.6. The molecule has 0 unspecified atom stereocenters. The number of rotatable bonds is 11. The van der Waals surface area contributed by atoms with Crippen molar-refractivity contribution in [1.82, 2.24) is 0 Å². The SMILES string of the molecule is CCN(CC)c1ccc(C(=C/C=C(/c2ccccc2)c2ccc(C)cc2)c2ccc(N(CC)CC)cc2)cc1. The molecule has 0 heterocycles. The summed E-state index contributed by atoms with van der Waals surface area (Å²) in [5, 5.41) is 0. The third-order valence-corrected chi connectivity index (χ3v) is 7.48. The second-order valence-corrected chi connectivity index (χ2v) is 9.83. The average molecular weight is 515 g/mol. The molecule has 4 rings (SSSR count). The molecule has 200 valence electrons. The summed E-state index contributed by atoms with van der Waals surface area (Å²) >= 11 is 0. The highest BCUT2D eigenvalue weighted by Crippen LogP contribution is 2.30. The van der Waals surface area contributed by atoms with Gasteiger partial charge in [0.25, 0.3) is 0 Å². The monoisotopic (exact) mass is 514 g/mol. The van der Waals surface area contributed by atoms with Crippen LogP contribution in [0.1, 0.15) is 55.5 Å². The van der Waals surface area contributed by atoms with Crippen LogP contribution in [0.15, 0.2) is 115 Å². The second kappa shape index (κ2) is 13.7. The molecule has 2 nitrogen and oxygen atoms in total. The highest BCUT2D eigenvalue weighted by atomic mass is 15.1. The lowest BCUT2D eigenvalue weighted by molar-refractivity contribution is 0.866. The fraction of sp³-hybridized carbons (Fsp3) is 0.243. The number of nitrogens with zero attached hydrogens (tertiary/aromatic N) is 2. The molecule has 0 N–H and O–H groups in total. The molecular formula is C37H42N2. The molecule has 0 spiro atoms. The Morgan fingerprint density at radius 3 is 1.15 bits per heavy atom. The molecule has 4 aromatic rings. The summed E-state index contributed by atoms with van der Waals surface area (Å²) in [5.74, 6) is 0. The predicted molar refractivity (Wildman–Crippen MR) is 172 cm³/mol. The first kappa shape index (κ1) is 28.0. The Labute approximate surface area is 235 Å². The Hall–Kier alpha value is -4.04. The van der Waals surface area contributed by atoms with Gasteiger partial charge in [-0.05, 0) is 92.3 Å².